The van der Waals surface area contributed by atoms with E-state index in [2.05, 4.69) is 19.9 Å². The number of alkyl halides is 3. The first-order valence-corrected chi connectivity index (χ1v) is 9.25. The van der Waals surface area contributed by atoms with E-state index in [9.17, 15) is 18.0 Å². The van der Waals surface area contributed by atoms with Gasteiger partial charge in [0.05, 0.1) is 18.1 Å². The molecule has 0 atom stereocenters. The fourth-order valence-electron chi connectivity index (χ4n) is 2.97. The zero-order valence-electron chi connectivity index (χ0n) is 16.2. The number of carboxylic acids is 1. The van der Waals surface area contributed by atoms with Gasteiger partial charge in [0.25, 0.3) is 0 Å². The highest BCUT2D eigenvalue weighted by molar-refractivity contribution is 5.73. The number of nitrogens with one attached hydrogen (secondary N) is 1. The second-order valence-electron chi connectivity index (χ2n) is 7.72. The highest BCUT2D eigenvalue weighted by atomic mass is 19.4. The number of carbonyl (C=O) groups is 1. The molecule has 2 N–H and O–H groups in total. The van der Waals surface area contributed by atoms with E-state index in [0.29, 0.717) is 18.7 Å². The van der Waals surface area contributed by atoms with Crippen LogP contribution in [0.15, 0.2) is 24.5 Å². The van der Waals surface area contributed by atoms with E-state index in [4.69, 9.17) is 9.84 Å². The van der Waals surface area contributed by atoms with E-state index in [0.717, 1.165) is 24.9 Å². The molecule has 3 rings (SSSR count). The summed E-state index contributed by atoms with van der Waals surface area (Å²) in [6.45, 7) is 4.81. The van der Waals surface area contributed by atoms with E-state index in [1.165, 1.54) is 6.20 Å². The van der Waals surface area contributed by atoms with Gasteiger partial charge in [-0.1, -0.05) is 0 Å². The zero-order valence-corrected chi connectivity index (χ0v) is 16.2. The number of piperidine rings is 1. The van der Waals surface area contributed by atoms with Gasteiger partial charge >= 0.3 is 12.1 Å². The molecule has 0 amide bonds. The highest BCUT2D eigenvalue weighted by Crippen LogP contribution is 2.30. The van der Waals surface area contributed by atoms with Crippen molar-refractivity contribution in [3.8, 4) is 11.4 Å². The molecule has 2 aromatic rings. The molecule has 158 valence electrons. The van der Waals surface area contributed by atoms with Crippen molar-refractivity contribution in [2.45, 2.75) is 39.0 Å². The number of ether oxygens (including phenoxy) is 1. The van der Waals surface area contributed by atoms with Gasteiger partial charge in [-0.15, -0.1) is 0 Å². The lowest BCUT2D eigenvalue weighted by Crippen LogP contribution is -2.39. The number of aliphatic carboxylic acids is 1. The normalized spacial score (nSPS) is 16.2. The van der Waals surface area contributed by atoms with Gasteiger partial charge in [0.2, 0.25) is 0 Å². The van der Waals surface area contributed by atoms with Gasteiger partial charge in [-0.05, 0) is 38.8 Å². The molecule has 7 nitrogen and oxygen atoms in total. The molecular formula is C19H23F3N4O3. The Bertz CT molecular complexity index is 841. The van der Waals surface area contributed by atoms with Gasteiger partial charge in [-0.3, -0.25) is 4.79 Å². The van der Waals surface area contributed by atoms with Crippen molar-refractivity contribution in [1.29, 1.82) is 0 Å². The Morgan fingerprint density at radius 1 is 1.31 bits per heavy atom. The minimum absolute atomic E-state index is 0.00643. The zero-order chi connectivity index (χ0) is 21.2. The number of rotatable bonds is 6. The van der Waals surface area contributed by atoms with Crippen molar-refractivity contribution in [2.24, 2.45) is 5.41 Å². The molecule has 0 radical (unpaired) electrons. The van der Waals surface area contributed by atoms with Crippen molar-refractivity contribution in [3.63, 3.8) is 0 Å². The minimum Gasteiger partial charge on any atom is -0.481 e. The molecule has 3 heterocycles. The summed E-state index contributed by atoms with van der Waals surface area (Å²) in [5.41, 5.74) is -1.42. The van der Waals surface area contributed by atoms with Crippen LogP contribution in [0.3, 0.4) is 0 Å². The van der Waals surface area contributed by atoms with Gasteiger partial charge in [-0.25, -0.2) is 9.97 Å². The number of hydrogen-bond donors (Lipinski definition) is 2. The van der Waals surface area contributed by atoms with Crippen molar-refractivity contribution >= 4 is 11.8 Å². The Labute approximate surface area is 165 Å². The summed E-state index contributed by atoms with van der Waals surface area (Å²) in [6.07, 6.45) is -0.688. The fourth-order valence-corrected chi connectivity index (χ4v) is 2.97. The first-order chi connectivity index (χ1) is 13.6. The highest BCUT2D eigenvalue weighted by Gasteiger charge is 2.34. The van der Waals surface area contributed by atoms with Crippen molar-refractivity contribution in [3.05, 3.63) is 30.2 Å². The third-order valence-corrected chi connectivity index (χ3v) is 4.91. The largest absolute Gasteiger partial charge is 0.481 e. The maximum Gasteiger partial charge on any atom is 0.434 e. The number of imidazole rings is 1. The average Bonchev–Trinajstić information content (AvgIpc) is 3.18. The molecule has 0 unspecified atom stereocenters. The number of hydrogen-bond acceptors (Lipinski definition) is 5. The predicted molar refractivity (Wildman–Crippen MR) is 99.4 cm³/mol. The van der Waals surface area contributed by atoms with Crippen LogP contribution in [0.5, 0.6) is 0 Å². The Morgan fingerprint density at radius 2 is 2.00 bits per heavy atom. The van der Waals surface area contributed by atoms with E-state index in [-0.39, 0.29) is 18.5 Å². The number of H-pyrrole nitrogens is 1. The third kappa shape index (κ3) is 5.06. The van der Waals surface area contributed by atoms with E-state index in [1.807, 2.05) is 0 Å². The van der Waals surface area contributed by atoms with Crippen LogP contribution in [0, 0.1) is 5.41 Å². The summed E-state index contributed by atoms with van der Waals surface area (Å²) < 4.78 is 43.8. The summed E-state index contributed by atoms with van der Waals surface area (Å²) in [7, 11) is 0. The number of halogens is 3. The molecule has 1 saturated heterocycles. The van der Waals surface area contributed by atoms with Crippen LogP contribution in [0.2, 0.25) is 0 Å². The Balaban J connectivity index is 1.55. The molecule has 29 heavy (non-hydrogen) atoms. The monoisotopic (exact) mass is 412 g/mol. The van der Waals surface area contributed by atoms with E-state index >= 15 is 0 Å². The number of aromatic nitrogens is 3. The maximum absolute atomic E-state index is 12.7. The summed E-state index contributed by atoms with van der Waals surface area (Å²) in [5, 5.41) is 9.15. The molecule has 1 aliphatic heterocycles. The second-order valence-corrected chi connectivity index (χ2v) is 7.72. The lowest BCUT2D eigenvalue weighted by atomic mass is 9.95. The Kier molecular flexibility index (Phi) is 5.83. The Hall–Kier alpha value is -2.62. The molecule has 1 fully saturated rings. The van der Waals surface area contributed by atoms with Crippen LogP contribution < -0.4 is 4.90 Å². The lowest BCUT2D eigenvalue weighted by Gasteiger charge is -2.34. The van der Waals surface area contributed by atoms with Gasteiger partial charge in [-0.2, -0.15) is 13.2 Å². The second kappa shape index (κ2) is 8.02. The molecule has 10 heteroatoms. The lowest BCUT2D eigenvalue weighted by molar-refractivity contribution is -0.152. The maximum atomic E-state index is 12.7. The topological polar surface area (TPSA) is 91.3 Å². The summed E-state index contributed by atoms with van der Waals surface area (Å²) in [6, 6.07) is 3.43. The summed E-state index contributed by atoms with van der Waals surface area (Å²) in [5.74, 6) is -0.0525. The fraction of sp³-hybridized carbons (Fsp3) is 0.526. The molecule has 0 aromatic carbocycles. The molecule has 0 bridgehead atoms. The summed E-state index contributed by atoms with van der Waals surface area (Å²) in [4.78, 5) is 23.7. The van der Waals surface area contributed by atoms with Gasteiger partial charge in [0, 0.05) is 31.0 Å². The van der Waals surface area contributed by atoms with Gasteiger partial charge in [0.1, 0.15) is 11.6 Å². The third-order valence-electron chi connectivity index (χ3n) is 4.91. The predicted octanol–water partition coefficient (Wildman–Crippen LogP) is 3.59. The number of carboxylic acid groups (broad SMARTS) is 1. The number of aromatic amines is 1. The van der Waals surface area contributed by atoms with E-state index in [1.54, 1.807) is 26.0 Å². The van der Waals surface area contributed by atoms with Crippen LogP contribution in [-0.4, -0.2) is 51.8 Å². The molecular weight excluding hydrogens is 389 g/mol. The SMILES string of the molecule is CC(C)(COC1CCN(c2ccc(-c3nc(C(F)(F)F)c[nH]3)cn2)CC1)C(=O)O. The van der Waals surface area contributed by atoms with Crippen LogP contribution in [-0.2, 0) is 15.7 Å². The van der Waals surface area contributed by atoms with Crippen LogP contribution in [0.4, 0.5) is 19.0 Å². The van der Waals surface area contributed by atoms with E-state index < -0.39 is 23.3 Å². The smallest absolute Gasteiger partial charge is 0.434 e. The molecule has 0 aliphatic carbocycles. The quantitative estimate of drug-likeness (QED) is 0.754. The summed E-state index contributed by atoms with van der Waals surface area (Å²) >= 11 is 0. The standard InChI is InChI=1S/C19H23F3N4O3/c1-18(2,17(27)28)11-29-13-5-7-26(8-6-13)15-4-3-12(9-23-15)16-24-10-14(25-16)19(20,21)22/h3-4,9-10,13H,5-8,11H2,1-2H3,(H,24,25)(H,27,28). The van der Waals surface area contributed by atoms with Crippen LogP contribution >= 0.6 is 0 Å². The minimum atomic E-state index is -4.49. The molecule has 0 saturated carbocycles. The van der Waals surface area contributed by atoms with Crippen LogP contribution in [0.1, 0.15) is 32.4 Å². The van der Waals surface area contributed by atoms with Crippen molar-refractivity contribution < 1.29 is 27.8 Å². The number of anilines is 1. The number of pyridine rings is 1. The average molecular weight is 412 g/mol. The first kappa shape index (κ1) is 21.1. The van der Waals surface area contributed by atoms with Crippen molar-refractivity contribution in [2.75, 3.05) is 24.6 Å². The molecule has 0 spiro atoms. The van der Waals surface area contributed by atoms with Crippen LogP contribution in [0.25, 0.3) is 11.4 Å². The number of nitrogens with zero attached hydrogens (tertiary/aromatic N) is 3. The first-order valence-electron chi connectivity index (χ1n) is 9.25. The van der Waals surface area contributed by atoms with Gasteiger partial charge < -0.3 is 19.7 Å². The molecule has 1 aliphatic rings. The molecule has 2 aromatic heterocycles. The van der Waals surface area contributed by atoms with Crippen molar-refractivity contribution in [1.82, 2.24) is 15.0 Å². The van der Waals surface area contributed by atoms with Gasteiger partial charge in [0.15, 0.2) is 5.69 Å². The Morgan fingerprint density at radius 3 is 2.52 bits per heavy atom.